The van der Waals surface area contributed by atoms with Crippen molar-refractivity contribution in [3.05, 3.63) is 0 Å². The fourth-order valence-corrected chi connectivity index (χ4v) is 2.88. The lowest BCUT2D eigenvalue weighted by molar-refractivity contribution is -0.300. The summed E-state index contributed by atoms with van der Waals surface area (Å²) in [5, 5.41) is 67.6. The Morgan fingerprint density at radius 3 is 1.75 bits per heavy atom. The molecule has 11 heteroatoms. The van der Waals surface area contributed by atoms with Crippen molar-refractivity contribution >= 4 is 0 Å². The van der Waals surface area contributed by atoms with E-state index < -0.39 is 74.6 Å². The van der Waals surface area contributed by atoms with Gasteiger partial charge in [0, 0.05) is 7.11 Å². The van der Waals surface area contributed by atoms with Crippen LogP contribution in [0.5, 0.6) is 0 Å². The second kappa shape index (κ2) is 7.43. The van der Waals surface area contributed by atoms with Crippen molar-refractivity contribution in [1.29, 1.82) is 0 Å². The second-order valence-electron chi connectivity index (χ2n) is 5.82. The molecule has 0 radical (unpaired) electrons. The average Bonchev–Trinajstić information content (AvgIpc) is 3.00. The van der Waals surface area contributed by atoms with Crippen molar-refractivity contribution in [2.75, 3.05) is 33.5 Å². The maximum absolute atomic E-state index is 10.0. The van der Waals surface area contributed by atoms with E-state index in [0.717, 1.165) is 0 Å². The van der Waals surface area contributed by atoms with E-state index >= 15 is 0 Å². The van der Waals surface area contributed by atoms with Crippen molar-refractivity contribution in [2.24, 2.45) is 0 Å². The van der Waals surface area contributed by atoms with Crippen molar-refractivity contribution in [2.45, 2.75) is 48.2 Å². The summed E-state index contributed by atoms with van der Waals surface area (Å²) in [6, 6.07) is 0. The Bertz CT molecular complexity index is 417. The number of aliphatic hydroxyl groups excluding tert-OH is 7. The van der Waals surface area contributed by atoms with Gasteiger partial charge in [-0.15, -0.1) is 0 Å². The van der Waals surface area contributed by atoms with Gasteiger partial charge in [0.25, 0.3) is 0 Å². The summed E-state index contributed by atoms with van der Waals surface area (Å²) in [5.41, 5.74) is 0. The molecule has 2 fully saturated rings. The number of methoxy groups -OCH3 is 1. The molecule has 8 atom stereocenters. The molecule has 0 aromatic heterocycles. The Hall–Kier alpha value is -0.440. The van der Waals surface area contributed by atoms with Crippen molar-refractivity contribution in [3.8, 4) is 0 Å². The lowest BCUT2D eigenvalue weighted by Gasteiger charge is -2.32. The highest BCUT2D eigenvalue weighted by atomic mass is 16.8. The van der Waals surface area contributed by atoms with Crippen molar-refractivity contribution in [3.63, 3.8) is 0 Å². The van der Waals surface area contributed by atoms with Crippen LogP contribution in [0.4, 0.5) is 0 Å². The zero-order chi connectivity index (χ0) is 18.1. The zero-order valence-electron chi connectivity index (χ0n) is 13.1. The molecule has 142 valence electrons. The summed E-state index contributed by atoms with van der Waals surface area (Å²) in [6.07, 6.45) is -8.52. The topological polar surface area (TPSA) is 179 Å². The van der Waals surface area contributed by atoms with Gasteiger partial charge >= 0.3 is 0 Å². The molecule has 7 N–H and O–H groups in total. The molecular formula is C13H24O11. The third-order valence-corrected chi connectivity index (χ3v) is 4.47. The third kappa shape index (κ3) is 3.06. The van der Waals surface area contributed by atoms with E-state index in [9.17, 15) is 30.6 Å². The molecule has 2 rings (SSSR count). The Balaban J connectivity index is 2.07. The molecule has 0 saturated carbocycles. The van der Waals surface area contributed by atoms with E-state index in [1.807, 2.05) is 0 Å². The fourth-order valence-electron chi connectivity index (χ4n) is 2.88. The summed E-state index contributed by atoms with van der Waals surface area (Å²) in [4.78, 5) is 0. The van der Waals surface area contributed by atoms with Gasteiger partial charge in [-0.1, -0.05) is 0 Å². The monoisotopic (exact) mass is 356 g/mol. The molecule has 2 unspecified atom stereocenters. The Kier molecular flexibility index (Phi) is 6.16. The quantitative estimate of drug-likeness (QED) is 0.233. The number of ether oxygens (including phenoxy) is 4. The summed E-state index contributed by atoms with van der Waals surface area (Å²) in [7, 11) is 1.18. The first-order valence-electron chi connectivity index (χ1n) is 7.40. The normalized spacial score (nSPS) is 49.0. The largest absolute Gasteiger partial charge is 0.394 e. The lowest BCUT2D eigenvalue weighted by Crippen LogP contribution is -2.50. The summed E-state index contributed by atoms with van der Waals surface area (Å²) in [5.74, 6) is -3.86. The molecule has 11 nitrogen and oxygen atoms in total. The van der Waals surface area contributed by atoms with Gasteiger partial charge in [-0.2, -0.15) is 0 Å². The molecule has 0 spiro atoms. The van der Waals surface area contributed by atoms with Crippen molar-refractivity contribution in [1.82, 2.24) is 0 Å². The van der Waals surface area contributed by atoms with Crippen LogP contribution < -0.4 is 0 Å². The molecule has 0 aromatic rings. The maximum Gasteiger partial charge on any atom is 0.221 e. The molecular weight excluding hydrogens is 332 g/mol. The maximum atomic E-state index is 10.0. The molecule has 0 bridgehead atoms. The predicted octanol–water partition coefficient (Wildman–Crippen LogP) is -4.74. The smallest absolute Gasteiger partial charge is 0.221 e. The first kappa shape index (κ1) is 19.9. The first-order valence-corrected chi connectivity index (χ1v) is 7.40. The summed E-state index contributed by atoms with van der Waals surface area (Å²) >= 11 is 0. The molecule has 0 aliphatic carbocycles. The van der Waals surface area contributed by atoms with E-state index in [4.69, 9.17) is 24.1 Å². The van der Waals surface area contributed by atoms with Crippen LogP contribution in [0.3, 0.4) is 0 Å². The highest BCUT2D eigenvalue weighted by Crippen LogP contribution is 2.36. The molecule has 2 saturated heterocycles. The predicted molar refractivity (Wildman–Crippen MR) is 73.5 cm³/mol. The number of aliphatic hydroxyl groups is 7. The standard InChI is InChI=1S/C13H24O11/c1-21-12(4-15)10(19)9(18)7(24-12)3-22-13(5-16)11(20)8(17)6(2-14)23-13/h6-11,14-20H,2-5H2,1H3/t6-,7-,8?,9?,10-,11-,12-,13-/m1/s1. The van der Waals surface area contributed by atoms with Gasteiger partial charge in [-0.3, -0.25) is 0 Å². The van der Waals surface area contributed by atoms with Crippen molar-refractivity contribution < 1.29 is 54.7 Å². The summed E-state index contributed by atoms with van der Waals surface area (Å²) in [6.45, 7) is -2.65. The van der Waals surface area contributed by atoms with Gasteiger partial charge in [-0.25, -0.2) is 0 Å². The molecule has 0 aromatic carbocycles. The SMILES string of the molecule is CO[C@]1(CO)O[C@H](CO[C@]2(CO)O[C@H](CO)C(O)[C@H]2O)C(O)[C@H]1O. The third-order valence-electron chi connectivity index (χ3n) is 4.47. The molecule has 24 heavy (non-hydrogen) atoms. The number of hydrogen-bond acceptors (Lipinski definition) is 11. The summed E-state index contributed by atoms with van der Waals surface area (Å²) < 4.78 is 20.7. The highest BCUT2D eigenvalue weighted by Gasteiger charge is 2.58. The Morgan fingerprint density at radius 1 is 0.833 bits per heavy atom. The van der Waals surface area contributed by atoms with Gasteiger partial charge in [0.2, 0.25) is 11.6 Å². The number of rotatable bonds is 7. The average molecular weight is 356 g/mol. The van der Waals surface area contributed by atoms with E-state index in [1.54, 1.807) is 0 Å². The van der Waals surface area contributed by atoms with Gasteiger partial charge in [0.1, 0.15) is 49.8 Å². The number of hydrogen-bond donors (Lipinski definition) is 7. The van der Waals surface area contributed by atoms with Gasteiger partial charge in [-0.05, 0) is 0 Å². The lowest BCUT2D eigenvalue weighted by atomic mass is 10.0. The van der Waals surface area contributed by atoms with Crippen LogP contribution in [-0.4, -0.2) is 117 Å². The van der Waals surface area contributed by atoms with E-state index in [1.165, 1.54) is 7.11 Å². The van der Waals surface area contributed by atoms with Gasteiger partial charge in [0.05, 0.1) is 13.2 Å². The van der Waals surface area contributed by atoms with Crippen LogP contribution in [0.15, 0.2) is 0 Å². The zero-order valence-corrected chi connectivity index (χ0v) is 13.1. The van der Waals surface area contributed by atoms with Crippen LogP contribution in [0.25, 0.3) is 0 Å². The highest BCUT2D eigenvalue weighted by molar-refractivity contribution is 4.99. The van der Waals surface area contributed by atoms with Crippen LogP contribution in [0, 0.1) is 0 Å². The van der Waals surface area contributed by atoms with Crippen LogP contribution in [0.2, 0.25) is 0 Å². The van der Waals surface area contributed by atoms with Gasteiger partial charge in [0.15, 0.2) is 0 Å². The first-order chi connectivity index (χ1) is 11.3. The molecule has 2 aliphatic heterocycles. The fraction of sp³-hybridized carbons (Fsp3) is 1.00. The Labute approximate surface area is 137 Å². The van der Waals surface area contributed by atoms with E-state index in [0.29, 0.717) is 0 Å². The van der Waals surface area contributed by atoms with Gasteiger partial charge < -0.3 is 54.7 Å². The van der Waals surface area contributed by atoms with E-state index in [2.05, 4.69) is 0 Å². The van der Waals surface area contributed by atoms with Crippen LogP contribution in [0.1, 0.15) is 0 Å². The van der Waals surface area contributed by atoms with E-state index in [-0.39, 0.29) is 0 Å². The Morgan fingerprint density at radius 2 is 1.33 bits per heavy atom. The van der Waals surface area contributed by atoms with Crippen LogP contribution >= 0.6 is 0 Å². The minimum atomic E-state index is -2.03. The minimum absolute atomic E-state index is 0.466. The minimum Gasteiger partial charge on any atom is -0.394 e. The molecule has 0 amide bonds. The second-order valence-corrected chi connectivity index (χ2v) is 5.82. The molecule has 2 aliphatic rings. The molecule has 2 heterocycles. The van der Waals surface area contributed by atoms with Crippen LogP contribution in [-0.2, 0) is 18.9 Å².